The van der Waals surface area contributed by atoms with Crippen molar-refractivity contribution in [3.05, 3.63) is 102 Å². The highest BCUT2D eigenvalue weighted by molar-refractivity contribution is 7.90. The molecule has 0 unspecified atom stereocenters. The van der Waals surface area contributed by atoms with E-state index in [0.717, 1.165) is 30.5 Å². The molecule has 2 amide bonds. The van der Waals surface area contributed by atoms with Gasteiger partial charge < -0.3 is 15.5 Å². The Morgan fingerprint density at radius 3 is 2.27 bits per heavy atom. The summed E-state index contributed by atoms with van der Waals surface area (Å²) in [6.45, 7) is 0.877. The third-order valence-electron chi connectivity index (χ3n) is 6.02. The summed E-state index contributed by atoms with van der Waals surface area (Å²) >= 11 is 0. The van der Waals surface area contributed by atoms with Crippen LogP contribution in [0.25, 0.3) is 11.4 Å². The number of carbonyl (C=O) groups is 2. The largest absolute Gasteiger partial charge is 0.322 e. The summed E-state index contributed by atoms with van der Waals surface area (Å²) in [4.78, 5) is 37.9. The minimum Gasteiger partial charge on any atom is -0.322 e. The molecule has 0 aliphatic carbocycles. The predicted molar refractivity (Wildman–Crippen MR) is 156 cm³/mol. The maximum atomic E-state index is 13.4. The van der Waals surface area contributed by atoms with Gasteiger partial charge in [0.25, 0.3) is 11.8 Å². The van der Waals surface area contributed by atoms with Gasteiger partial charge in [-0.25, -0.2) is 18.4 Å². The quantitative estimate of drug-likeness (QED) is 0.293. The van der Waals surface area contributed by atoms with E-state index in [1.807, 2.05) is 44.4 Å². The monoisotopic (exact) mass is 557 g/mol. The lowest BCUT2D eigenvalue weighted by Gasteiger charge is -2.13. The zero-order chi connectivity index (χ0) is 28.7. The van der Waals surface area contributed by atoms with E-state index in [4.69, 9.17) is 4.98 Å². The van der Waals surface area contributed by atoms with Crippen LogP contribution in [-0.2, 0) is 16.3 Å². The van der Waals surface area contributed by atoms with E-state index in [1.165, 1.54) is 12.1 Å². The van der Waals surface area contributed by atoms with Crippen LogP contribution in [0.4, 0.5) is 11.4 Å². The molecule has 1 heterocycles. The molecule has 1 aromatic heterocycles. The maximum Gasteiger partial charge on any atom is 0.274 e. The lowest BCUT2D eigenvalue weighted by atomic mass is 10.1. The van der Waals surface area contributed by atoms with Crippen molar-refractivity contribution in [1.29, 1.82) is 0 Å². The van der Waals surface area contributed by atoms with Gasteiger partial charge in [0.2, 0.25) is 0 Å². The fourth-order valence-electron chi connectivity index (χ4n) is 4.01. The second-order valence-electron chi connectivity index (χ2n) is 9.59. The van der Waals surface area contributed by atoms with Gasteiger partial charge >= 0.3 is 0 Å². The Morgan fingerprint density at radius 1 is 0.825 bits per heavy atom. The summed E-state index contributed by atoms with van der Waals surface area (Å²) in [6.07, 6.45) is 2.64. The average molecular weight is 558 g/mol. The first-order valence-corrected chi connectivity index (χ1v) is 14.6. The van der Waals surface area contributed by atoms with Crippen LogP contribution in [0.3, 0.4) is 0 Å². The van der Waals surface area contributed by atoms with Crippen molar-refractivity contribution in [3.8, 4) is 11.4 Å². The summed E-state index contributed by atoms with van der Waals surface area (Å²) < 4.78 is 23.8. The summed E-state index contributed by atoms with van der Waals surface area (Å²) in [5, 5.41) is 5.53. The molecular weight excluding hydrogens is 526 g/mol. The summed E-state index contributed by atoms with van der Waals surface area (Å²) in [6, 6.07) is 23.7. The number of nitrogens with zero attached hydrogens (tertiary/aromatic N) is 3. The first kappa shape index (κ1) is 28.6. The van der Waals surface area contributed by atoms with Crippen molar-refractivity contribution in [1.82, 2.24) is 14.9 Å². The predicted octanol–water partition coefficient (Wildman–Crippen LogP) is 4.55. The minimum atomic E-state index is -3.44. The highest BCUT2D eigenvalue weighted by atomic mass is 32.2. The number of para-hydroxylation sites is 1. The number of hydrogen-bond donors (Lipinski definition) is 2. The maximum absolute atomic E-state index is 13.4. The van der Waals surface area contributed by atoms with Crippen molar-refractivity contribution in [2.24, 2.45) is 0 Å². The van der Waals surface area contributed by atoms with Gasteiger partial charge in [-0.15, -0.1) is 0 Å². The Bertz CT molecular complexity index is 1620. The molecule has 0 bridgehead atoms. The molecule has 0 spiro atoms. The van der Waals surface area contributed by atoms with Gasteiger partial charge in [0, 0.05) is 23.2 Å². The van der Waals surface area contributed by atoms with Gasteiger partial charge in [-0.3, -0.25) is 9.59 Å². The summed E-state index contributed by atoms with van der Waals surface area (Å²) in [7, 11) is 0.568. The first-order valence-electron chi connectivity index (χ1n) is 12.7. The van der Waals surface area contributed by atoms with Crippen LogP contribution in [0.5, 0.6) is 0 Å². The number of carbonyl (C=O) groups excluding carboxylic acids is 2. The normalized spacial score (nSPS) is 11.3. The number of hydrogen-bond acceptors (Lipinski definition) is 7. The van der Waals surface area contributed by atoms with E-state index in [0.29, 0.717) is 23.6 Å². The van der Waals surface area contributed by atoms with Crippen LogP contribution in [0, 0.1) is 0 Å². The van der Waals surface area contributed by atoms with Crippen molar-refractivity contribution in [3.63, 3.8) is 0 Å². The van der Waals surface area contributed by atoms with Gasteiger partial charge in [0.15, 0.2) is 15.7 Å². The van der Waals surface area contributed by atoms with E-state index in [-0.39, 0.29) is 16.2 Å². The molecule has 3 aromatic carbocycles. The number of benzene rings is 3. The van der Waals surface area contributed by atoms with Gasteiger partial charge in [0.05, 0.1) is 16.1 Å². The topological polar surface area (TPSA) is 121 Å². The minimum absolute atomic E-state index is 0.0891. The SMILES string of the molecule is CN(C)CCCc1cc(C(=O)Nc2ccccc2C(=O)Nc2cccc(S(C)(=O)=O)c2)nc(-c2ccccc2)n1. The molecule has 2 N–H and O–H groups in total. The highest BCUT2D eigenvalue weighted by Gasteiger charge is 2.18. The third kappa shape index (κ3) is 7.58. The van der Waals surface area contributed by atoms with Gasteiger partial charge in [-0.2, -0.15) is 0 Å². The Kier molecular flexibility index (Phi) is 9.03. The molecule has 0 saturated carbocycles. The molecule has 40 heavy (non-hydrogen) atoms. The molecular formula is C30H31N5O4S. The Morgan fingerprint density at radius 2 is 1.55 bits per heavy atom. The Balaban J connectivity index is 1.59. The smallest absolute Gasteiger partial charge is 0.274 e. The average Bonchev–Trinajstić information content (AvgIpc) is 2.93. The molecule has 0 fully saturated rings. The zero-order valence-electron chi connectivity index (χ0n) is 22.6. The fraction of sp³-hybridized carbons (Fsp3) is 0.200. The van der Waals surface area contributed by atoms with Crippen molar-refractivity contribution in [2.75, 3.05) is 37.5 Å². The number of anilines is 2. The molecule has 10 heteroatoms. The van der Waals surface area contributed by atoms with Crippen molar-refractivity contribution < 1.29 is 18.0 Å². The molecule has 0 radical (unpaired) electrons. The fourth-order valence-corrected chi connectivity index (χ4v) is 4.68. The Hall–Kier alpha value is -4.41. The lowest BCUT2D eigenvalue weighted by Crippen LogP contribution is -2.20. The number of amides is 2. The van der Waals surface area contributed by atoms with Gasteiger partial charge in [0.1, 0.15) is 5.69 Å². The Labute approximate surface area is 234 Å². The summed E-state index contributed by atoms with van der Waals surface area (Å²) in [5.41, 5.74) is 2.55. The standard InChI is InChI=1S/C30H31N5O4S/c1-35(2)18-10-14-23-20-27(33-28(31-23)21-11-5-4-6-12-21)30(37)34-26-17-8-7-16-25(26)29(36)32-22-13-9-15-24(19-22)40(3,38)39/h4-9,11-13,15-17,19-20H,10,14,18H2,1-3H3,(H,32,36)(H,34,37). The van der Waals surface area contributed by atoms with Crippen LogP contribution in [-0.4, -0.2) is 62.0 Å². The van der Waals surface area contributed by atoms with Crippen molar-refractivity contribution >= 4 is 33.0 Å². The molecule has 0 saturated heterocycles. The van der Waals surface area contributed by atoms with Gasteiger partial charge in [-0.1, -0.05) is 48.5 Å². The van der Waals surface area contributed by atoms with Crippen molar-refractivity contribution in [2.45, 2.75) is 17.7 Å². The number of aromatic nitrogens is 2. The van der Waals surface area contributed by atoms with Crippen LogP contribution >= 0.6 is 0 Å². The van der Waals surface area contributed by atoms with E-state index >= 15 is 0 Å². The van der Waals surface area contributed by atoms with E-state index in [9.17, 15) is 18.0 Å². The molecule has 0 aliphatic rings. The number of sulfone groups is 1. The highest BCUT2D eigenvalue weighted by Crippen LogP contribution is 2.22. The first-order chi connectivity index (χ1) is 19.1. The lowest BCUT2D eigenvalue weighted by molar-refractivity contribution is 0.102. The van der Waals surface area contributed by atoms with Crippen LogP contribution in [0.15, 0.2) is 89.8 Å². The van der Waals surface area contributed by atoms with Crippen LogP contribution in [0.2, 0.25) is 0 Å². The molecule has 0 aliphatic heterocycles. The van der Waals surface area contributed by atoms with E-state index in [2.05, 4.69) is 20.5 Å². The second-order valence-corrected chi connectivity index (χ2v) is 11.6. The molecule has 0 atom stereocenters. The second kappa shape index (κ2) is 12.6. The number of nitrogens with one attached hydrogen (secondary N) is 2. The molecule has 4 aromatic rings. The number of rotatable bonds is 10. The molecule has 9 nitrogen and oxygen atoms in total. The van der Waals surface area contributed by atoms with Gasteiger partial charge in [-0.05, 0) is 69.9 Å². The van der Waals surface area contributed by atoms with Crippen LogP contribution < -0.4 is 10.6 Å². The summed E-state index contributed by atoms with van der Waals surface area (Å²) in [5.74, 6) is -0.531. The molecule has 4 rings (SSSR count). The van der Waals surface area contributed by atoms with E-state index < -0.39 is 21.7 Å². The van der Waals surface area contributed by atoms with Crippen LogP contribution in [0.1, 0.15) is 33.0 Å². The third-order valence-corrected chi connectivity index (χ3v) is 7.13. The van der Waals surface area contributed by atoms with E-state index in [1.54, 1.807) is 42.5 Å². The number of aryl methyl sites for hydroxylation is 1. The zero-order valence-corrected chi connectivity index (χ0v) is 23.4. The molecule has 206 valence electrons.